The fourth-order valence-corrected chi connectivity index (χ4v) is 6.43. The van der Waals surface area contributed by atoms with E-state index in [0.717, 1.165) is 35.2 Å². The van der Waals surface area contributed by atoms with Gasteiger partial charge in [0.25, 0.3) is 5.56 Å². The molecule has 0 fully saturated rings. The molecule has 30 heavy (non-hydrogen) atoms. The van der Waals surface area contributed by atoms with E-state index in [1.165, 1.54) is 28.6 Å². The SMILES string of the molecule is CCN(C(=O)[C@H](C)Sc1nc2sc3c(c2c(=O)n1CC)CCCC3)c1ccccc1. The minimum absolute atomic E-state index is 0.0242. The number of thiophene rings is 1. The third kappa shape index (κ3) is 3.81. The van der Waals surface area contributed by atoms with E-state index < -0.39 is 0 Å². The number of thioether (sulfide) groups is 1. The molecule has 0 aliphatic heterocycles. The maximum Gasteiger partial charge on any atom is 0.263 e. The lowest BCUT2D eigenvalue weighted by molar-refractivity contribution is -0.117. The highest BCUT2D eigenvalue weighted by molar-refractivity contribution is 8.00. The Bertz CT molecular complexity index is 1120. The summed E-state index contributed by atoms with van der Waals surface area (Å²) in [5, 5.41) is 1.10. The van der Waals surface area contributed by atoms with Gasteiger partial charge < -0.3 is 4.90 Å². The molecule has 0 N–H and O–H groups in total. The van der Waals surface area contributed by atoms with Crippen molar-refractivity contribution in [2.45, 2.75) is 63.4 Å². The quantitative estimate of drug-likeness (QED) is 0.404. The number of anilines is 1. The first-order valence-corrected chi connectivity index (χ1v) is 12.3. The molecule has 0 unspecified atom stereocenters. The van der Waals surface area contributed by atoms with Crippen LogP contribution in [0.2, 0.25) is 0 Å². The van der Waals surface area contributed by atoms with E-state index in [1.807, 2.05) is 51.1 Å². The van der Waals surface area contributed by atoms with Crippen LogP contribution in [0.25, 0.3) is 10.2 Å². The maximum atomic E-state index is 13.3. The summed E-state index contributed by atoms with van der Waals surface area (Å²) in [5.74, 6) is 0.0242. The van der Waals surface area contributed by atoms with Gasteiger partial charge in [0.2, 0.25) is 5.91 Å². The zero-order valence-electron chi connectivity index (χ0n) is 17.7. The number of carbonyl (C=O) groups is 1. The van der Waals surface area contributed by atoms with E-state index >= 15 is 0 Å². The second-order valence-corrected chi connectivity index (χ2v) is 9.90. The van der Waals surface area contributed by atoms with Crippen LogP contribution in [0.1, 0.15) is 44.1 Å². The number of aryl methyl sites for hydroxylation is 2. The lowest BCUT2D eigenvalue weighted by Crippen LogP contribution is -2.37. The number of benzene rings is 1. The Morgan fingerprint density at radius 1 is 1.23 bits per heavy atom. The van der Waals surface area contributed by atoms with Gasteiger partial charge in [-0.05, 0) is 64.2 Å². The molecule has 0 spiro atoms. The summed E-state index contributed by atoms with van der Waals surface area (Å²) < 4.78 is 1.73. The second kappa shape index (κ2) is 8.94. The molecule has 0 bridgehead atoms. The molecule has 4 rings (SSSR count). The zero-order chi connectivity index (χ0) is 21.3. The predicted molar refractivity (Wildman–Crippen MR) is 126 cm³/mol. The van der Waals surface area contributed by atoms with Gasteiger partial charge in [0.05, 0.1) is 10.6 Å². The van der Waals surface area contributed by atoms with Crippen LogP contribution in [0.3, 0.4) is 0 Å². The Balaban J connectivity index is 1.67. The molecule has 1 atom stereocenters. The zero-order valence-corrected chi connectivity index (χ0v) is 19.3. The molecule has 5 nitrogen and oxygen atoms in total. The number of carbonyl (C=O) groups excluding carboxylic acids is 1. The molecule has 1 aromatic carbocycles. The number of rotatable bonds is 6. The smallest absolute Gasteiger partial charge is 0.263 e. The van der Waals surface area contributed by atoms with Gasteiger partial charge in [0.15, 0.2) is 5.16 Å². The van der Waals surface area contributed by atoms with E-state index in [2.05, 4.69) is 0 Å². The van der Waals surface area contributed by atoms with Gasteiger partial charge >= 0.3 is 0 Å². The minimum Gasteiger partial charge on any atom is -0.312 e. The van der Waals surface area contributed by atoms with Crippen molar-refractivity contribution in [2.24, 2.45) is 0 Å². The molecule has 1 amide bonds. The highest BCUT2D eigenvalue weighted by atomic mass is 32.2. The summed E-state index contributed by atoms with van der Waals surface area (Å²) in [4.78, 5) is 35.3. The lowest BCUT2D eigenvalue weighted by atomic mass is 9.97. The number of amides is 1. The molecule has 2 aromatic heterocycles. The standard InChI is InChI=1S/C23H27N3O2S2/c1-4-25(16-11-7-6-8-12-16)21(27)15(3)29-23-24-20-19(22(28)26(23)5-2)17-13-9-10-14-18(17)30-20/h6-8,11-12,15H,4-5,9-10,13-14H2,1-3H3/t15-/m0/s1. The van der Waals surface area contributed by atoms with E-state index in [1.54, 1.807) is 20.8 Å². The number of para-hydroxylation sites is 1. The molecular weight excluding hydrogens is 414 g/mol. The summed E-state index contributed by atoms with van der Waals surface area (Å²) in [6.45, 7) is 6.98. The van der Waals surface area contributed by atoms with Gasteiger partial charge in [-0.25, -0.2) is 4.98 Å². The van der Waals surface area contributed by atoms with Gasteiger partial charge in [0, 0.05) is 23.7 Å². The van der Waals surface area contributed by atoms with E-state index in [-0.39, 0.29) is 16.7 Å². The largest absolute Gasteiger partial charge is 0.312 e. The average molecular weight is 442 g/mol. The molecule has 0 saturated heterocycles. The molecule has 7 heteroatoms. The van der Waals surface area contributed by atoms with Crippen LogP contribution >= 0.6 is 23.1 Å². The van der Waals surface area contributed by atoms with Crippen LogP contribution in [0.5, 0.6) is 0 Å². The van der Waals surface area contributed by atoms with Crippen LogP contribution in [-0.2, 0) is 24.2 Å². The topological polar surface area (TPSA) is 55.2 Å². The molecule has 158 valence electrons. The van der Waals surface area contributed by atoms with Crippen LogP contribution in [-0.4, -0.2) is 27.3 Å². The van der Waals surface area contributed by atoms with Crippen molar-refractivity contribution in [1.29, 1.82) is 0 Å². The van der Waals surface area contributed by atoms with Gasteiger partial charge in [-0.2, -0.15) is 0 Å². The predicted octanol–water partition coefficient (Wildman–Crippen LogP) is 4.89. The van der Waals surface area contributed by atoms with Crippen molar-refractivity contribution in [3.8, 4) is 0 Å². The van der Waals surface area contributed by atoms with Crippen molar-refractivity contribution < 1.29 is 4.79 Å². The Kier molecular flexibility index (Phi) is 6.29. The maximum absolute atomic E-state index is 13.3. The summed E-state index contributed by atoms with van der Waals surface area (Å²) in [6.07, 6.45) is 4.34. The molecular formula is C23H27N3O2S2. The highest BCUT2D eigenvalue weighted by Crippen LogP contribution is 2.35. The number of hydrogen-bond acceptors (Lipinski definition) is 5. The Labute approximate surface area is 185 Å². The van der Waals surface area contributed by atoms with Crippen molar-refractivity contribution in [1.82, 2.24) is 9.55 Å². The van der Waals surface area contributed by atoms with E-state index in [4.69, 9.17) is 4.98 Å². The highest BCUT2D eigenvalue weighted by Gasteiger charge is 2.26. The fourth-order valence-electron chi connectivity index (χ4n) is 4.09. The normalized spacial score (nSPS) is 14.5. The number of nitrogens with zero attached hydrogens (tertiary/aromatic N) is 3. The lowest BCUT2D eigenvalue weighted by Gasteiger charge is -2.24. The van der Waals surface area contributed by atoms with Crippen molar-refractivity contribution in [3.05, 3.63) is 51.1 Å². The molecule has 1 aliphatic carbocycles. The molecule has 0 saturated carbocycles. The summed E-state index contributed by atoms with van der Waals surface area (Å²) >= 11 is 3.04. The number of fused-ring (bicyclic) bond motifs is 3. The van der Waals surface area contributed by atoms with E-state index in [9.17, 15) is 9.59 Å². The van der Waals surface area contributed by atoms with Crippen molar-refractivity contribution >= 4 is 44.9 Å². The second-order valence-electron chi connectivity index (χ2n) is 7.51. The van der Waals surface area contributed by atoms with Gasteiger partial charge in [-0.3, -0.25) is 14.2 Å². The monoisotopic (exact) mass is 441 g/mol. The van der Waals surface area contributed by atoms with Crippen LogP contribution in [0.15, 0.2) is 40.3 Å². The fraction of sp³-hybridized carbons (Fsp3) is 0.435. The Morgan fingerprint density at radius 3 is 2.67 bits per heavy atom. The average Bonchev–Trinajstić information content (AvgIpc) is 3.13. The summed E-state index contributed by atoms with van der Waals surface area (Å²) in [5.41, 5.74) is 2.14. The minimum atomic E-state index is -0.345. The van der Waals surface area contributed by atoms with Crippen molar-refractivity contribution in [3.63, 3.8) is 0 Å². The summed E-state index contributed by atoms with van der Waals surface area (Å²) in [7, 11) is 0. The van der Waals surface area contributed by atoms with Crippen LogP contribution in [0.4, 0.5) is 5.69 Å². The number of aromatic nitrogens is 2. The molecule has 1 aliphatic rings. The van der Waals surface area contributed by atoms with Gasteiger partial charge in [-0.15, -0.1) is 11.3 Å². The van der Waals surface area contributed by atoms with E-state index in [0.29, 0.717) is 18.2 Å². The third-order valence-electron chi connectivity index (χ3n) is 5.64. The first-order valence-electron chi connectivity index (χ1n) is 10.6. The third-order valence-corrected chi connectivity index (χ3v) is 7.90. The summed E-state index contributed by atoms with van der Waals surface area (Å²) in [6, 6.07) is 9.71. The van der Waals surface area contributed by atoms with Crippen LogP contribution in [0, 0.1) is 0 Å². The van der Waals surface area contributed by atoms with Gasteiger partial charge in [0.1, 0.15) is 4.83 Å². The molecule has 3 aromatic rings. The Morgan fingerprint density at radius 2 is 1.97 bits per heavy atom. The first-order chi connectivity index (χ1) is 14.5. The molecule has 2 heterocycles. The Hall–Kier alpha value is -2.12. The number of hydrogen-bond donors (Lipinski definition) is 0. The van der Waals surface area contributed by atoms with Crippen molar-refractivity contribution in [2.75, 3.05) is 11.4 Å². The van der Waals surface area contributed by atoms with Gasteiger partial charge in [-0.1, -0.05) is 30.0 Å². The first kappa shape index (κ1) is 21.1. The van der Waals surface area contributed by atoms with Crippen LogP contribution < -0.4 is 10.5 Å². The molecule has 0 radical (unpaired) electrons.